The van der Waals surface area contributed by atoms with E-state index in [1.807, 2.05) is 0 Å². The number of amides is 1. The molecular weight excluding hydrogens is 420 g/mol. The normalized spacial score (nSPS) is 19.9. The summed E-state index contributed by atoms with van der Waals surface area (Å²) in [6.45, 7) is 2.47. The molecule has 2 aromatic rings. The lowest BCUT2D eigenvalue weighted by atomic mass is 9.95. The van der Waals surface area contributed by atoms with Gasteiger partial charge in [-0.25, -0.2) is 8.78 Å². The summed E-state index contributed by atoms with van der Waals surface area (Å²) < 4.78 is 40.3. The molecule has 1 saturated heterocycles. The Hall–Kier alpha value is -2.84. The number of rotatable bonds is 6. The Morgan fingerprint density at radius 1 is 1.19 bits per heavy atom. The number of ketones is 1. The number of aliphatic hydroxyl groups excluding tert-OH is 1. The van der Waals surface area contributed by atoms with E-state index in [-0.39, 0.29) is 36.4 Å². The zero-order valence-corrected chi connectivity index (χ0v) is 17.7. The molecule has 2 N–H and O–H groups in total. The molecule has 2 aliphatic rings. The molecule has 0 spiro atoms. The van der Waals surface area contributed by atoms with Crippen LogP contribution in [0.2, 0.25) is 0 Å². The quantitative estimate of drug-likeness (QED) is 0.668. The molecule has 0 aliphatic carbocycles. The van der Waals surface area contributed by atoms with Crippen LogP contribution in [0.3, 0.4) is 0 Å². The van der Waals surface area contributed by atoms with E-state index in [0.29, 0.717) is 48.5 Å². The van der Waals surface area contributed by atoms with Gasteiger partial charge in [0.05, 0.1) is 36.5 Å². The number of halogens is 2. The van der Waals surface area contributed by atoms with Gasteiger partial charge in [0, 0.05) is 31.4 Å². The molecular formula is C24H25F2NO5. The predicted octanol–water partition coefficient (Wildman–Crippen LogP) is 2.96. The Balaban J connectivity index is 1.63. The van der Waals surface area contributed by atoms with Crippen LogP contribution in [0, 0.1) is 11.6 Å². The van der Waals surface area contributed by atoms with Crippen LogP contribution in [-0.4, -0.2) is 48.8 Å². The molecule has 6 nitrogen and oxygen atoms in total. The highest BCUT2D eigenvalue weighted by molar-refractivity contribution is 5.96. The summed E-state index contributed by atoms with van der Waals surface area (Å²) in [7, 11) is 0. The number of hydrogen-bond donors (Lipinski definition) is 2. The molecule has 0 unspecified atom stereocenters. The van der Waals surface area contributed by atoms with Crippen LogP contribution in [0.5, 0.6) is 5.75 Å². The highest BCUT2D eigenvalue weighted by Gasteiger charge is 2.30. The fraction of sp³-hybridized carbons (Fsp3) is 0.417. The topological polar surface area (TPSA) is 84.9 Å². The first kappa shape index (κ1) is 22.4. The van der Waals surface area contributed by atoms with Gasteiger partial charge in [0.1, 0.15) is 17.4 Å². The number of carbonyl (C=O) groups is 2. The highest BCUT2D eigenvalue weighted by atomic mass is 19.1. The molecule has 0 bridgehead atoms. The van der Waals surface area contributed by atoms with Crippen LogP contribution in [0.1, 0.15) is 57.2 Å². The van der Waals surface area contributed by atoms with Gasteiger partial charge >= 0.3 is 0 Å². The summed E-state index contributed by atoms with van der Waals surface area (Å²) in [5.41, 5.74) is 1.35. The van der Waals surface area contributed by atoms with Gasteiger partial charge in [-0.3, -0.25) is 9.59 Å². The van der Waals surface area contributed by atoms with Gasteiger partial charge in [-0.15, -0.1) is 0 Å². The van der Waals surface area contributed by atoms with E-state index < -0.39 is 29.7 Å². The van der Waals surface area contributed by atoms with Crippen molar-refractivity contribution in [2.24, 2.45) is 0 Å². The predicted molar refractivity (Wildman–Crippen MR) is 112 cm³/mol. The smallest absolute Gasteiger partial charge is 0.254 e. The Labute approximate surface area is 184 Å². The molecule has 0 saturated carbocycles. The molecule has 2 heterocycles. The first-order chi connectivity index (χ1) is 15.4. The largest absolute Gasteiger partial charge is 0.493 e. The molecule has 8 heteroatoms. The summed E-state index contributed by atoms with van der Waals surface area (Å²) in [6, 6.07) is 5.27. The Morgan fingerprint density at radius 2 is 2.00 bits per heavy atom. The van der Waals surface area contributed by atoms with Gasteiger partial charge in [-0.2, -0.15) is 0 Å². The van der Waals surface area contributed by atoms with Crippen molar-refractivity contribution >= 4 is 11.7 Å². The highest BCUT2D eigenvalue weighted by Crippen LogP contribution is 2.35. The van der Waals surface area contributed by atoms with E-state index in [0.717, 1.165) is 0 Å². The molecule has 2 aromatic carbocycles. The minimum absolute atomic E-state index is 0.0342. The lowest BCUT2D eigenvalue weighted by Crippen LogP contribution is -2.48. The lowest BCUT2D eigenvalue weighted by Gasteiger charge is -2.28. The fourth-order valence-corrected chi connectivity index (χ4v) is 4.16. The molecule has 0 radical (unpaired) electrons. The van der Waals surface area contributed by atoms with Crippen molar-refractivity contribution in [3.05, 3.63) is 63.7 Å². The minimum atomic E-state index is -0.861. The van der Waals surface area contributed by atoms with Crippen LogP contribution in [0.25, 0.3) is 0 Å². The van der Waals surface area contributed by atoms with Crippen LogP contribution in [0.15, 0.2) is 24.3 Å². The third-order valence-corrected chi connectivity index (χ3v) is 5.92. The van der Waals surface area contributed by atoms with Crippen molar-refractivity contribution in [1.29, 1.82) is 0 Å². The number of Topliss-reactive ketones (excluding diaryl/α,β-unsaturated/α-hetero) is 1. The Morgan fingerprint density at radius 3 is 2.72 bits per heavy atom. The maximum Gasteiger partial charge on any atom is 0.254 e. The maximum atomic E-state index is 15.1. The van der Waals surface area contributed by atoms with E-state index in [1.54, 1.807) is 13.0 Å². The minimum Gasteiger partial charge on any atom is -0.493 e. The third-order valence-electron chi connectivity index (χ3n) is 5.92. The number of nitrogens with one attached hydrogen (secondary N) is 1. The Bertz CT molecular complexity index is 1060. The standard InChI is InChI=1S/C24H25F2NO5/c1-2-20(28)15-4-3-13(10-18(15)25)9-14-11-17(22(26)16-5-8-32-23(14)16)24(30)27-19-6-7-31-12-21(19)29/h3-4,10-11,19,21,29H,2,5-9,12H2,1H3,(H,27,30)/t19-,21-/m0/s1. The molecule has 1 amide bonds. The van der Waals surface area contributed by atoms with E-state index in [9.17, 15) is 19.1 Å². The number of benzene rings is 2. The van der Waals surface area contributed by atoms with E-state index in [1.165, 1.54) is 18.2 Å². The second kappa shape index (κ2) is 9.34. The van der Waals surface area contributed by atoms with Crippen LogP contribution >= 0.6 is 0 Å². The number of hydrogen-bond acceptors (Lipinski definition) is 5. The van der Waals surface area contributed by atoms with Gasteiger partial charge in [0.15, 0.2) is 5.78 Å². The van der Waals surface area contributed by atoms with E-state index >= 15 is 4.39 Å². The van der Waals surface area contributed by atoms with Crippen molar-refractivity contribution in [3.63, 3.8) is 0 Å². The van der Waals surface area contributed by atoms with Gasteiger partial charge in [0.2, 0.25) is 0 Å². The van der Waals surface area contributed by atoms with Crippen LogP contribution < -0.4 is 10.1 Å². The average molecular weight is 445 g/mol. The van der Waals surface area contributed by atoms with Gasteiger partial charge in [0.25, 0.3) is 5.91 Å². The SMILES string of the molecule is CCC(=O)c1ccc(Cc2cc(C(=O)N[C@H]3CCOC[C@@H]3O)c(F)c3c2OCC3)cc1F. The van der Waals surface area contributed by atoms with Crippen molar-refractivity contribution in [1.82, 2.24) is 5.32 Å². The third kappa shape index (κ3) is 4.38. The summed E-state index contributed by atoms with van der Waals surface area (Å²) in [5, 5.41) is 12.7. The van der Waals surface area contributed by atoms with Crippen LogP contribution in [-0.2, 0) is 17.6 Å². The van der Waals surface area contributed by atoms with E-state index in [4.69, 9.17) is 9.47 Å². The molecule has 32 heavy (non-hydrogen) atoms. The summed E-state index contributed by atoms with van der Waals surface area (Å²) >= 11 is 0. The molecule has 4 rings (SSSR count). The van der Waals surface area contributed by atoms with Gasteiger partial charge in [-0.1, -0.05) is 13.0 Å². The monoisotopic (exact) mass is 445 g/mol. The zero-order chi connectivity index (χ0) is 22.8. The number of ether oxygens (including phenoxy) is 2. The molecule has 2 aliphatic heterocycles. The lowest BCUT2D eigenvalue weighted by molar-refractivity contribution is -0.0261. The fourth-order valence-electron chi connectivity index (χ4n) is 4.16. The van der Waals surface area contributed by atoms with E-state index in [2.05, 4.69) is 5.32 Å². The van der Waals surface area contributed by atoms with Crippen molar-refractivity contribution in [2.75, 3.05) is 19.8 Å². The number of aliphatic hydroxyl groups is 1. The zero-order valence-electron chi connectivity index (χ0n) is 17.7. The van der Waals surface area contributed by atoms with Gasteiger partial charge < -0.3 is 19.9 Å². The van der Waals surface area contributed by atoms with Gasteiger partial charge in [-0.05, 0) is 35.7 Å². The second-order valence-electron chi connectivity index (χ2n) is 8.08. The molecule has 0 aromatic heterocycles. The second-order valence-corrected chi connectivity index (χ2v) is 8.08. The summed E-state index contributed by atoms with van der Waals surface area (Å²) in [6.07, 6.45) is 0.307. The molecule has 170 valence electrons. The Kier molecular flexibility index (Phi) is 6.53. The van der Waals surface area contributed by atoms with Crippen molar-refractivity contribution in [2.45, 2.75) is 44.8 Å². The van der Waals surface area contributed by atoms with Crippen molar-refractivity contribution < 1.29 is 33.0 Å². The molecule has 2 atom stereocenters. The van der Waals surface area contributed by atoms with Crippen molar-refractivity contribution in [3.8, 4) is 5.75 Å². The first-order valence-electron chi connectivity index (χ1n) is 10.7. The summed E-state index contributed by atoms with van der Waals surface area (Å²) in [4.78, 5) is 24.7. The summed E-state index contributed by atoms with van der Waals surface area (Å²) in [5.74, 6) is -1.79. The molecule has 1 fully saturated rings. The van der Waals surface area contributed by atoms with Crippen LogP contribution in [0.4, 0.5) is 8.78 Å². The number of fused-ring (bicyclic) bond motifs is 1. The maximum absolute atomic E-state index is 15.1. The number of carbonyl (C=O) groups excluding carboxylic acids is 2. The first-order valence-corrected chi connectivity index (χ1v) is 10.7. The average Bonchev–Trinajstić information content (AvgIpc) is 3.27.